The van der Waals surface area contributed by atoms with Crippen LogP contribution in [0.15, 0.2) is 35.3 Å². The molecule has 0 aliphatic rings. The Balaban J connectivity index is 0.00000529. The molecule has 0 amide bonds. The molecule has 0 saturated carbocycles. The fourth-order valence-corrected chi connectivity index (χ4v) is 2.19. The molecule has 0 saturated heterocycles. The monoisotopic (exact) mass is 448 g/mol. The van der Waals surface area contributed by atoms with Crippen molar-refractivity contribution in [2.75, 3.05) is 47.9 Å². The average molecular weight is 448 g/mol. The van der Waals surface area contributed by atoms with Gasteiger partial charge in [-0.15, -0.1) is 24.0 Å². The van der Waals surface area contributed by atoms with Crippen LogP contribution in [-0.4, -0.2) is 69.8 Å². The van der Waals surface area contributed by atoms with E-state index in [9.17, 15) is 0 Å². The van der Waals surface area contributed by atoms with Gasteiger partial charge in [-0.25, -0.2) is 4.99 Å². The topological polar surface area (TPSA) is 40.1 Å². The zero-order valence-corrected chi connectivity index (χ0v) is 18.0. The largest absolute Gasteiger partial charge is 0.377 e. The molecular formula is C18H33IN4O. The summed E-state index contributed by atoms with van der Waals surface area (Å²) < 4.78 is 5.82. The van der Waals surface area contributed by atoms with Crippen LogP contribution in [0.5, 0.6) is 0 Å². The maximum absolute atomic E-state index is 5.82. The quantitative estimate of drug-likeness (QED) is 0.358. The number of guanidine groups is 1. The van der Waals surface area contributed by atoms with Crippen molar-refractivity contribution >= 4 is 29.9 Å². The fourth-order valence-electron chi connectivity index (χ4n) is 2.19. The Bertz CT molecular complexity index is 452. The van der Waals surface area contributed by atoms with E-state index >= 15 is 0 Å². The maximum atomic E-state index is 5.82. The lowest BCUT2D eigenvalue weighted by atomic mass is 10.2. The van der Waals surface area contributed by atoms with Crippen molar-refractivity contribution in [1.82, 2.24) is 15.1 Å². The highest BCUT2D eigenvalue weighted by Gasteiger charge is 2.11. The molecule has 0 spiro atoms. The highest BCUT2D eigenvalue weighted by atomic mass is 127. The van der Waals surface area contributed by atoms with Gasteiger partial charge in [-0.2, -0.15) is 0 Å². The van der Waals surface area contributed by atoms with E-state index in [0.717, 1.165) is 32.1 Å². The molecule has 0 aliphatic heterocycles. The predicted octanol–water partition coefficient (Wildman–Crippen LogP) is 2.67. The Morgan fingerprint density at radius 2 is 1.83 bits per heavy atom. The molecule has 0 aliphatic carbocycles. The lowest BCUT2D eigenvalue weighted by Gasteiger charge is -2.23. The number of nitrogens with zero attached hydrogens (tertiary/aromatic N) is 3. The van der Waals surface area contributed by atoms with Gasteiger partial charge < -0.3 is 19.9 Å². The maximum Gasteiger partial charge on any atom is 0.193 e. The van der Waals surface area contributed by atoms with Crippen LogP contribution < -0.4 is 5.32 Å². The van der Waals surface area contributed by atoms with Crippen molar-refractivity contribution in [1.29, 1.82) is 0 Å². The Morgan fingerprint density at radius 3 is 2.38 bits per heavy atom. The van der Waals surface area contributed by atoms with Crippen LogP contribution in [-0.2, 0) is 11.3 Å². The number of rotatable bonds is 9. The second-order valence-corrected chi connectivity index (χ2v) is 6.07. The first-order chi connectivity index (χ1) is 11.0. The summed E-state index contributed by atoms with van der Waals surface area (Å²) in [6.45, 7) is 5.24. The second kappa shape index (κ2) is 13.4. The summed E-state index contributed by atoms with van der Waals surface area (Å²) in [7, 11) is 8.19. The van der Waals surface area contributed by atoms with Gasteiger partial charge in [0.05, 0.1) is 12.6 Å². The minimum atomic E-state index is 0. The third-order valence-corrected chi connectivity index (χ3v) is 3.47. The van der Waals surface area contributed by atoms with Gasteiger partial charge in [-0.3, -0.25) is 0 Å². The van der Waals surface area contributed by atoms with Gasteiger partial charge in [0.25, 0.3) is 0 Å². The standard InChI is InChI=1S/C18H32N4O.HI/c1-6-23-17(12-13-21(2)3)15-20-18(22(4)5)19-14-16-10-8-7-9-11-16;/h7-11,17H,6,12-15H2,1-5H3,(H,19,20);1H. The van der Waals surface area contributed by atoms with Crippen molar-refractivity contribution in [3.8, 4) is 0 Å². The second-order valence-electron chi connectivity index (χ2n) is 6.07. The molecule has 1 aromatic carbocycles. The first kappa shape index (κ1) is 23.1. The van der Waals surface area contributed by atoms with Crippen LogP contribution in [0.25, 0.3) is 0 Å². The van der Waals surface area contributed by atoms with Gasteiger partial charge in [0.2, 0.25) is 0 Å². The van der Waals surface area contributed by atoms with Crippen LogP contribution in [0.2, 0.25) is 0 Å². The Morgan fingerprint density at radius 1 is 1.17 bits per heavy atom. The van der Waals surface area contributed by atoms with Crippen LogP contribution in [0, 0.1) is 0 Å². The number of benzene rings is 1. The van der Waals surface area contributed by atoms with E-state index in [1.807, 2.05) is 44.1 Å². The summed E-state index contributed by atoms with van der Waals surface area (Å²) >= 11 is 0. The van der Waals surface area contributed by atoms with Crippen molar-refractivity contribution < 1.29 is 4.74 Å². The molecule has 5 nitrogen and oxygen atoms in total. The summed E-state index contributed by atoms with van der Waals surface area (Å²) in [5.74, 6) is 0.892. The lowest BCUT2D eigenvalue weighted by molar-refractivity contribution is 0.0545. The molecule has 0 fully saturated rings. The van der Waals surface area contributed by atoms with E-state index in [1.54, 1.807) is 0 Å². The smallest absolute Gasteiger partial charge is 0.193 e. The normalized spacial score (nSPS) is 12.7. The lowest BCUT2D eigenvalue weighted by Crippen LogP contribution is -2.42. The number of hydrogen-bond acceptors (Lipinski definition) is 3. The molecule has 6 heteroatoms. The van der Waals surface area contributed by atoms with Crippen molar-refractivity contribution in [3.05, 3.63) is 35.9 Å². The fraction of sp³-hybridized carbons (Fsp3) is 0.611. The molecule has 0 radical (unpaired) electrons. The summed E-state index contributed by atoms with van der Waals surface area (Å²) in [5, 5.41) is 3.43. The van der Waals surface area contributed by atoms with Crippen LogP contribution >= 0.6 is 24.0 Å². The Hall–Kier alpha value is -0.860. The SMILES string of the molecule is CCOC(CCN(C)C)CNC(=NCc1ccccc1)N(C)C.I. The van der Waals surface area contributed by atoms with Gasteiger partial charge in [-0.05, 0) is 33.0 Å². The van der Waals surface area contributed by atoms with Crippen LogP contribution in [0.1, 0.15) is 18.9 Å². The van der Waals surface area contributed by atoms with E-state index in [1.165, 1.54) is 5.56 Å². The van der Waals surface area contributed by atoms with E-state index < -0.39 is 0 Å². The minimum Gasteiger partial charge on any atom is -0.377 e. The molecule has 1 rings (SSSR count). The van der Waals surface area contributed by atoms with E-state index in [2.05, 4.69) is 41.4 Å². The number of halogens is 1. The van der Waals surface area contributed by atoms with Crippen LogP contribution in [0.3, 0.4) is 0 Å². The predicted molar refractivity (Wildman–Crippen MR) is 113 cm³/mol. The van der Waals surface area contributed by atoms with Crippen LogP contribution in [0.4, 0.5) is 0 Å². The molecular weight excluding hydrogens is 415 g/mol. The van der Waals surface area contributed by atoms with Crippen molar-refractivity contribution in [3.63, 3.8) is 0 Å². The first-order valence-electron chi connectivity index (χ1n) is 8.28. The van der Waals surface area contributed by atoms with Gasteiger partial charge in [0.1, 0.15) is 0 Å². The molecule has 138 valence electrons. The molecule has 1 aromatic rings. The molecule has 1 unspecified atom stereocenters. The minimum absolute atomic E-state index is 0. The zero-order valence-electron chi connectivity index (χ0n) is 15.7. The molecule has 24 heavy (non-hydrogen) atoms. The molecule has 1 atom stereocenters. The zero-order chi connectivity index (χ0) is 17.1. The summed E-state index contributed by atoms with van der Waals surface area (Å²) in [6.07, 6.45) is 1.21. The van der Waals surface area contributed by atoms with Gasteiger partial charge in [0, 0.05) is 33.8 Å². The highest BCUT2D eigenvalue weighted by molar-refractivity contribution is 14.0. The Labute approximate surface area is 164 Å². The molecule has 0 bridgehead atoms. The molecule has 0 aromatic heterocycles. The molecule has 0 heterocycles. The third-order valence-electron chi connectivity index (χ3n) is 3.47. The third kappa shape index (κ3) is 10.1. The highest BCUT2D eigenvalue weighted by Crippen LogP contribution is 2.02. The van der Waals surface area contributed by atoms with E-state index in [4.69, 9.17) is 4.74 Å². The Kier molecular flexibility index (Phi) is 13.0. The summed E-state index contributed by atoms with van der Waals surface area (Å²) in [5.41, 5.74) is 1.21. The van der Waals surface area contributed by atoms with Gasteiger partial charge >= 0.3 is 0 Å². The van der Waals surface area contributed by atoms with Gasteiger partial charge in [0.15, 0.2) is 5.96 Å². The average Bonchev–Trinajstić information content (AvgIpc) is 2.52. The number of nitrogens with one attached hydrogen (secondary N) is 1. The van der Waals surface area contributed by atoms with E-state index in [-0.39, 0.29) is 30.1 Å². The van der Waals surface area contributed by atoms with E-state index in [0.29, 0.717) is 6.54 Å². The first-order valence-corrected chi connectivity index (χ1v) is 8.28. The van der Waals surface area contributed by atoms with Crippen molar-refractivity contribution in [2.24, 2.45) is 4.99 Å². The summed E-state index contributed by atoms with van der Waals surface area (Å²) in [6, 6.07) is 10.3. The number of ether oxygens (including phenoxy) is 1. The molecule has 1 N–H and O–H groups in total. The summed E-state index contributed by atoms with van der Waals surface area (Å²) in [4.78, 5) is 8.88. The van der Waals surface area contributed by atoms with Crippen molar-refractivity contribution in [2.45, 2.75) is 26.0 Å². The number of aliphatic imine (C=N–C) groups is 1. The van der Waals surface area contributed by atoms with Gasteiger partial charge in [-0.1, -0.05) is 30.3 Å². The number of hydrogen-bond donors (Lipinski definition) is 1.